The first-order valence-electron chi connectivity index (χ1n) is 8.37. The van der Waals surface area contributed by atoms with Crippen molar-refractivity contribution in [3.8, 4) is 17.2 Å². The Morgan fingerprint density at radius 3 is 2.12 bits per heavy atom. The molecular weight excluding hydrogens is 360 g/mol. The summed E-state index contributed by atoms with van der Waals surface area (Å²) >= 11 is 0. The maximum Gasteiger partial charge on any atom is 0.251 e. The van der Waals surface area contributed by atoms with E-state index in [2.05, 4.69) is 10.6 Å². The number of piperidine rings is 1. The van der Waals surface area contributed by atoms with Gasteiger partial charge in [0.05, 0.1) is 27.9 Å². The molecular formula is C18H29ClN2O5. The van der Waals surface area contributed by atoms with Crippen LogP contribution in [0.15, 0.2) is 12.1 Å². The van der Waals surface area contributed by atoms with Gasteiger partial charge in [-0.3, -0.25) is 4.79 Å². The fourth-order valence-electron chi connectivity index (χ4n) is 3.22. The van der Waals surface area contributed by atoms with E-state index < -0.39 is 0 Å². The van der Waals surface area contributed by atoms with E-state index in [4.69, 9.17) is 18.9 Å². The molecule has 1 aliphatic heterocycles. The summed E-state index contributed by atoms with van der Waals surface area (Å²) in [5.41, 5.74) is 0.437. The maximum absolute atomic E-state index is 12.7. The average Bonchev–Trinajstić information content (AvgIpc) is 2.65. The number of rotatable bonds is 8. The van der Waals surface area contributed by atoms with Crippen LogP contribution >= 0.6 is 12.4 Å². The van der Waals surface area contributed by atoms with Crippen LogP contribution in [0.1, 0.15) is 23.2 Å². The minimum atomic E-state index is -0.173. The fourth-order valence-corrected chi connectivity index (χ4v) is 3.22. The zero-order chi connectivity index (χ0) is 18.3. The molecule has 2 rings (SSSR count). The summed E-state index contributed by atoms with van der Waals surface area (Å²) in [6.07, 6.45) is 1.94. The van der Waals surface area contributed by atoms with Crippen LogP contribution in [0, 0.1) is 5.41 Å². The number of ether oxygens (including phenoxy) is 4. The molecule has 1 amide bonds. The van der Waals surface area contributed by atoms with Crippen molar-refractivity contribution in [3.05, 3.63) is 17.7 Å². The van der Waals surface area contributed by atoms with Crippen LogP contribution in [-0.4, -0.2) is 60.6 Å². The van der Waals surface area contributed by atoms with Gasteiger partial charge in [0.15, 0.2) is 11.5 Å². The van der Waals surface area contributed by atoms with Gasteiger partial charge in [0.25, 0.3) is 5.91 Å². The average molecular weight is 389 g/mol. The van der Waals surface area contributed by atoms with Crippen LogP contribution in [0.2, 0.25) is 0 Å². The molecule has 1 aromatic carbocycles. The molecule has 8 heteroatoms. The molecule has 0 unspecified atom stereocenters. The van der Waals surface area contributed by atoms with Crippen molar-refractivity contribution in [2.75, 3.05) is 54.7 Å². The molecule has 0 bridgehead atoms. The summed E-state index contributed by atoms with van der Waals surface area (Å²) in [5.74, 6) is 1.21. The fraction of sp³-hybridized carbons (Fsp3) is 0.611. The molecule has 1 aliphatic rings. The first kappa shape index (κ1) is 22.3. The van der Waals surface area contributed by atoms with Crippen LogP contribution in [0.4, 0.5) is 0 Å². The van der Waals surface area contributed by atoms with Crippen molar-refractivity contribution in [2.45, 2.75) is 12.8 Å². The topological polar surface area (TPSA) is 78.1 Å². The molecule has 7 nitrogen and oxygen atoms in total. The number of carbonyl (C=O) groups is 1. The van der Waals surface area contributed by atoms with E-state index >= 15 is 0 Å². The third-order valence-electron chi connectivity index (χ3n) is 4.67. The molecule has 0 aliphatic carbocycles. The van der Waals surface area contributed by atoms with Gasteiger partial charge in [-0.25, -0.2) is 0 Å². The largest absolute Gasteiger partial charge is 0.493 e. The highest BCUT2D eigenvalue weighted by molar-refractivity contribution is 5.95. The lowest BCUT2D eigenvalue weighted by Gasteiger charge is -2.37. The third kappa shape index (κ3) is 5.16. The van der Waals surface area contributed by atoms with Crippen molar-refractivity contribution < 1.29 is 23.7 Å². The number of benzene rings is 1. The molecule has 0 radical (unpaired) electrons. The Balaban J connectivity index is 0.00000338. The third-order valence-corrected chi connectivity index (χ3v) is 4.67. The zero-order valence-electron chi connectivity index (χ0n) is 15.8. The predicted octanol–water partition coefficient (Wildman–Crippen LogP) is 1.88. The van der Waals surface area contributed by atoms with Gasteiger partial charge in [-0.1, -0.05) is 0 Å². The first-order chi connectivity index (χ1) is 12.1. The lowest BCUT2D eigenvalue weighted by atomic mass is 9.79. The monoisotopic (exact) mass is 388 g/mol. The Kier molecular flexibility index (Phi) is 8.98. The second kappa shape index (κ2) is 10.4. The Hall–Kier alpha value is -1.70. The minimum absolute atomic E-state index is 0. The summed E-state index contributed by atoms with van der Waals surface area (Å²) in [6, 6.07) is 3.31. The van der Waals surface area contributed by atoms with Crippen LogP contribution in [0.3, 0.4) is 0 Å². The summed E-state index contributed by atoms with van der Waals surface area (Å²) in [5, 5.41) is 6.38. The molecule has 0 spiro atoms. The zero-order valence-corrected chi connectivity index (χ0v) is 16.7. The van der Waals surface area contributed by atoms with Crippen LogP contribution in [0.25, 0.3) is 0 Å². The number of amides is 1. The lowest BCUT2D eigenvalue weighted by Crippen LogP contribution is -2.47. The Bertz CT molecular complexity index is 560. The highest BCUT2D eigenvalue weighted by atomic mass is 35.5. The van der Waals surface area contributed by atoms with E-state index in [9.17, 15) is 4.79 Å². The number of halogens is 1. The van der Waals surface area contributed by atoms with Crippen molar-refractivity contribution in [2.24, 2.45) is 5.41 Å². The number of carbonyl (C=O) groups excluding carboxylic acids is 1. The second-order valence-electron chi connectivity index (χ2n) is 6.28. The molecule has 26 heavy (non-hydrogen) atoms. The number of nitrogens with one attached hydrogen (secondary N) is 2. The van der Waals surface area contributed by atoms with E-state index in [1.54, 1.807) is 19.2 Å². The molecule has 148 valence electrons. The normalized spacial score (nSPS) is 15.5. The molecule has 1 fully saturated rings. The van der Waals surface area contributed by atoms with Crippen molar-refractivity contribution in [1.29, 1.82) is 0 Å². The van der Waals surface area contributed by atoms with Crippen molar-refractivity contribution in [1.82, 2.24) is 10.6 Å². The van der Waals surface area contributed by atoms with E-state index in [0.29, 0.717) is 36.0 Å². The highest BCUT2D eigenvalue weighted by Gasteiger charge is 2.32. The Labute approximate surface area is 161 Å². The van der Waals surface area contributed by atoms with Crippen molar-refractivity contribution >= 4 is 18.3 Å². The van der Waals surface area contributed by atoms with Gasteiger partial charge in [-0.2, -0.15) is 0 Å². The molecule has 1 saturated heterocycles. The number of methoxy groups -OCH3 is 4. The highest BCUT2D eigenvalue weighted by Crippen LogP contribution is 2.38. The molecule has 0 aromatic heterocycles. The van der Waals surface area contributed by atoms with Gasteiger partial charge in [-0.15, -0.1) is 12.4 Å². The molecule has 2 N–H and O–H groups in total. The van der Waals surface area contributed by atoms with Crippen LogP contribution in [0.5, 0.6) is 17.2 Å². The second-order valence-corrected chi connectivity index (χ2v) is 6.28. The van der Waals surface area contributed by atoms with Crippen LogP contribution < -0.4 is 24.8 Å². The summed E-state index contributed by atoms with van der Waals surface area (Å²) in [6.45, 7) is 3.06. The van der Waals surface area contributed by atoms with Gasteiger partial charge >= 0.3 is 0 Å². The van der Waals surface area contributed by atoms with E-state index in [-0.39, 0.29) is 23.7 Å². The number of hydrogen-bond acceptors (Lipinski definition) is 6. The molecule has 1 heterocycles. The Morgan fingerprint density at radius 2 is 1.65 bits per heavy atom. The standard InChI is InChI=1S/C18H28N2O5.ClH/c1-22-12-18(5-7-19-8-6-18)11-20-17(21)13-9-14(23-2)16(25-4)15(10-13)24-3;/h9-10,19H,5-8,11-12H2,1-4H3,(H,20,21);1H. The molecule has 0 saturated carbocycles. The molecule has 1 aromatic rings. The summed E-state index contributed by atoms with van der Waals surface area (Å²) in [7, 11) is 6.29. The lowest BCUT2D eigenvalue weighted by molar-refractivity contribution is 0.0511. The van der Waals surface area contributed by atoms with Gasteiger partial charge in [-0.05, 0) is 38.1 Å². The van der Waals surface area contributed by atoms with Crippen LogP contribution in [-0.2, 0) is 4.74 Å². The SMILES string of the molecule is COCC1(CNC(=O)c2cc(OC)c(OC)c(OC)c2)CCNCC1.Cl. The summed E-state index contributed by atoms with van der Waals surface area (Å²) in [4.78, 5) is 12.7. The van der Waals surface area contributed by atoms with Gasteiger partial charge in [0.1, 0.15) is 0 Å². The van der Waals surface area contributed by atoms with E-state index in [0.717, 1.165) is 25.9 Å². The summed E-state index contributed by atoms with van der Waals surface area (Å²) < 4.78 is 21.3. The maximum atomic E-state index is 12.7. The van der Waals surface area contributed by atoms with Gasteiger partial charge in [0.2, 0.25) is 5.75 Å². The van der Waals surface area contributed by atoms with E-state index in [1.807, 2.05) is 0 Å². The van der Waals surface area contributed by atoms with Gasteiger partial charge in [0, 0.05) is 24.6 Å². The van der Waals surface area contributed by atoms with E-state index in [1.165, 1.54) is 21.3 Å². The molecule has 0 atom stereocenters. The smallest absolute Gasteiger partial charge is 0.251 e. The Morgan fingerprint density at radius 1 is 1.08 bits per heavy atom. The number of hydrogen-bond donors (Lipinski definition) is 2. The first-order valence-corrected chi connectivity index (χ1v) is 8.37. The van der Waals surface area contributed by atoms with Gasteiger partial charge < -0.3 is 29.6 Å². The quantitative estimate of drug-likeness (QED) is 0.708. The predicted molar refractivity (Wildman–Crippen MR) is 102 cm³/mol. The van der Waals surface area contributed by atoms with Crippen molar-refractivity contribution in [3.63, 3.8) is 0 Å². The minimum Gasteiger partial charge on any atom is -0.493 e.